The van der Waals surface area contributed by atoms with Crippen molar-refractivity contribution in [2.75, 3.05) is 7.11 Å². The summed E-state index contributed by atoms with van der Waals surface area (Å²) in [5.74, 6) is -0.858. The van der Waals surface area contributed by atoms with E-state index in [0.29, 0.717) is 5.75 Å². The Morgan fingerprint density at radius 1 is 1.17 bits per heavy atom. The maximum Gasteiger partial charge on any atom is 0.322 e. The second kappa shape index (κ2) is 7.26. The van der Waals surface area contributed by atoms with Crippen LogP contribution in [0.1, 0.15) is 5.56 Å². The van der Waals surface area contributed by atoms with Crippen LogP contribution in [0.3, 0.4) is 0 Å². The summed E-state index contributed by atoms with van der Waals surface area (Å²) in [6.07, 6.45) is 0.0549. The monoisotopic (exact) mass is 335 g/mol. The van der Waals surface area contributed by atoms with Crippen molar-refractivity contribution in [2.45, 2.75) is 17.4 Å². The molecule has 7 heteroatoms. The van der Waals surface area contributed by atoms with Crippen LogP contribution < -0.4 is 9.46 Å². The van der Waals surface area contributed by atoms with Gasteiger partial charge >= 0.3 is 5.97 Å². The molecule has 0 aliphatic carbocycles. The normalized spacial score (nSPS) is 12.6. The van der Waals surface area contributed by atoms with E-state index >= 15 is 0 Å². The lowest BCUT2D eigenvalue weighted by atomic mass is 10.1. The third kappa shape index (κ3) is 4.54. The second-order valence-electron chi connectivity index (χ2n) is 4.88. The number of hydrogen-bond donors (Lipinski definition) is 2. The SMILES string of the molecule is COc1cccc(S(=O)(=O)N[C@H](Cc2ccccc2)C(=O)O)c1. The molecule has 0 saturated heterocycles. The van der Waals surface area contributed by atoms with Crippen molar-refractivity contribution in [1.29, 1.82) is 0 Å². The summed E-state index contributed by atoms with van der Waals surface area (Å²) in [5, 5.41) is 9.29. The summed E-state index contributed by atoms with van der Waals surface area (Å²) in [5.41, 5.74) is 0.730. The van der Waals surface area contributed by atoms with Gasteiger partial charge in [-0.1, -0.05) is 36.4 Å². The molecule has 122 valence electrons. The molecule has 0 amide bonds. The van der Waals surface area contributed by atoms with E-state index in [-0.39, 0.29) is 11.3 Å². The van der Waals surface area contributed by atoms with Crippen molar-refractivity contribution in [3.05, 3.63) is 60.2 Å². The zero-order valence-electron chi connectivity index (χ0n) is 12.5. The maximum absolute atomic E-state index is 12.4. The van der Waals surface area contributed by atoms with E-state index in [1.807, 2.05) is 0 Å². The average Bonchev–Trinajstić information content (AvgIpc) is 2.55. The molecule has 0 bridgehead atoms. The van der Waals surface area contributed by atoms with Gasteiger partial charge < -0.3 is 9.84 Å². The Hall–Kier alpha value is -2.38. The number of rotatable bonds is 7. The molecule has 0 spiro atoms. The molecule has 2 aromatic rings. The minimum atomic E-state index is -3.97. The Labute approximate surface area is 134 Å². The van der Waals surface area contributed by atoms with E-state index in [1.54, 1.807) is 36.4 Å². The van der Waals surface area contributed by atoms with Crippen LogP contribution in [0.15, 0.2) is 59.5 Å². The van der Waals surface area contributed by atoms with Crippen LogP contribution in [0.5, 0.6) is 5.75 Å². The first kappa shape index (κ1) is 17.0. The molecular weight excluding hydrogens is 318 g/mol. The predicted octanol–water partition coefficient (Wildman–Crippen LogP) is 1.67. The predicted molar refractivity (Wildman–Crippen MR) is 84.9 cm³/mol. The highest BCUT2D eigenvalue weighted by Gasteiger charge is 2.25. The third-order valence-electron chi connectivity index (χ3n) is 3.23. The molecule has 0 saturated carbocycles. The Balaban J connectivity index is 2.22. The number of nitrogens with one attached hydrogen (secondary N) is 1. The molecule has 2 N–H and O–H groups in total. The molecule has 0 aliphatic rings. The summed E-state index contributed by atoms with van der Waals surface area (Å²) in [6.45, 7) is 0. The van der Waals surface area contributed by atoms with Crippen LogP contribution in [0.25, 0.3) is 0 Å². The number of methoxy groups -OCH3 is 1. The van der Waals surface area contributed by atoms with Crippen molar-refractivity contribution in [2.24, 2.45) is 0 Å². The van der Waals surface area contributed by atoms with Crippen molar-refractivity contribution < 1.29 is 23.1 Å². The first-order chi connectivity index (χ1) is 10.9. The molecule has 2 rings (SSSR count). The fraction of sp³-hybridized carbons (Fsp3) is 0.188. The van der Waals surface area contributed by atoms with Crippen LogP contribution in [0, 0.1) is 0 Å². The van der Waals surface area contributed by atoms with E-state index in [9.17, 15) is 18.3 Å². The molecule has 0 heterocycles. The molecule has 1 atom stereocenters. The van der Waals surface area contributed by atoms with E-state index in [1.165, 1.54) is 25.3 Å². The fourth-order valence-electron chi connectivity index (χ4n) is 2.05. The highest BCUT2D eigenvalue weighted by molar-refractivity contribution is 7.89. The number of benzene rings is 2. The van der Waals surface area contributed by atoms with Crippen LogP contribution in [0.4, 0.5) is 0 Å². The molecule has 0 radical (unpaired) electrons. The minimum absolute atomic E-state index is 0.0452. The maximum atomic E-state index is 12.4. The Kier molecular flexibility index (Phi) is 5.36. The molecule has 2 aromatic carbocycles. The van der Waals surface area contributed by atoms with Crippen LogP contribution in [0.2, 0.25) is 0 Å². The van der Waals surface area contributed by atoms with E-state index in [4.69, 9.17) is 4.74 Å². The van der Waals surface area contributed by atoms with Crippen molar-refractivity contribution in [1.82, 2.24) is 4.72 Å². The molecular formula is C16H17NO5S. The first-order valence-corrected chi connectivity index (χ1v) is 8.34. The summed E-state index contributed by atoms with van der Waals surface area (Å²) in [7, 11) is -2.54. The lowest BCUT2D eigenvalue weighted by molar-refractivity contribution is -0.138. The average molecular weight is 335 g/mol. The van der Waals surface area contributed by atoms with E-state index in [0.717, 1.165) is 5.56 Å². The number of carbonyl (C=O) groups is 1. The van der Waals surface area contributed by atoms with Gasteiger partial charge in [0.1, 0.15) is 11.8 Å². The Bertz CT molecular complexity index is 774. The van der Waals surface area contributed by atoms with Gasteiger partial charge in [0.05, 0.1) is 12.0 Å². The Morgan fingerprint density at radius 3 is 2.48 bits per heavy atom. The molecule has 0 aromatic heterocycles. The zero-order valence-corrected chi connectivity index (χ0v) is 13.3. The Morgan fingerprint density at radius 2 is 1.87 bits per heavy atom. The molecule has 0 fully saturated rings. The van der Waals surface area contributed by atoms with Gasteiger partial charge in [-0.25, -0.2) is 8.42 Å². The molecule has 0 aliphatic heterocycles. The van der Waals surface area contributed by atoms with Gasteiger partial charge in [-0.2, -0.15) is 4.72 Å². The molecule has 6 nitrogen and oxygen atoms in total. The van der Waals surface area contributed by atoms with Crippen molar-refractivity contribution in [3.63, 3.8) is 0 Å². The lowest BCUT2D eigenvalue weighted by Gasteiger charge is -2.15. The number of aliphatic carboxylic acids is 1. The zero-order chi connectivity index (χ0) is 16.9. The number of carboxylic acids is 1. The highest BCUT2D eigenvalue weighted by atomic mass is 32.2. The van der Waals surface area contributed by atoms with Gasteiger partial charge in [-0.15, -0.1) is 0 Å². The highest BCUT2D eigenvalue weighted by Crippen LogP contribution is 2.17. The molecule has 23 heavy (non-hydrogen) atoms. The van der Waals surface area contributed by atoms with Gasteiger partial charge in [0.2, 0.25) is 10.0 Å². The van der Waals surface area contributed by atoms with Gasteiger partial charge in [0.15, 0.2) is 0 Å². The first-order valence-electron chi connectivity index (χ1n) is 6.85. The van der Waals surface area contributed by atoms with E-state index in [2.05, 4.69) is 4.72 Å². The molecule has 0 unspecified atom stereocenters. The lowest BCUT2D eigenvalue weighted by Crippen LogP contribution is -2.42. The fourth-order valence-corrected chi connectivity index (χ4v) is 3.28. The van der Waals surface area contributed by atoms with Gasteiger partial charge in [0, 0.05) is 6.07 Å². The van der Waals surface area contributed by atoms with E-state index < -0.39 is 22.0 Å². The van der Waals surface area contributed by atoms with Crippen molar-refractivity contribution >= 4 is 16.0 Å². The number of hydrogen-bond acceptors (Lipinski definition) is 4. The van der Waals surface area contributed by atoms with Crippen LogP contribution in [-0.4, -0.2) is 32.6 Å². The summed E-state index contributed by atoms with van der Waals surface area (Å²) in [4.78, 5) is 11.3. The largest absolute Gasteiger partial charge is 0.497 e. The topological polar surface area (TPSA) is 92.7 Å². The van der Waals surface area contributed by atoms with Gasteiger partial charge in [0.25, 0.3) is 0 Å². The van der Waals surface area contributed by atoms with Crippen LogP contribution in [-0.2, 0) is 21.2 Å². The number of carboxylic acid groups (broad SMARTS) is 1. The minimum Gasteiger partial charge on any atom is -0.497 e. The summed E-state index contributed by atoms with van der Waals surface area (Å²) in [6, 6.07) is 13.4. The number of ether oxygens (including phenoxy) is 1. The summed E-state index contributed by atoms with van der Waals surface area (Å²) >= 11 is 0. The standard InChI is InChI=1S/C16H17NO5S/c1-22-13-8-5-9-14(11-13)23(20,21)17-15(16(18)19)10-12-6-3-2-4-7-12/h2-9,11,15,17H,10H2,1H3,(H,18,19)/t15-/m1/s1. The van der Waals surface area contributed by atoms with Gasteiger partial charge in [-0.05, 0) is 24.1 Å². The second-order valence-corrected chi connectivity index (χ2v) is 6.59. The van der Waals surface area contributed by atoms with Gasteiger partial charge in [-0.3, -0.25) is 4.79 Å². The smallest absolute Gasteiger partial charge is 0.322 e. The summed E-state index contributed by atoms with van der Waals surface area (Å²) < 4.78 is 32.0. The third-order valence-corrected chi connectivity index (χ3v) is 4.70. The van der Waals surface area contributed by atoms with Crippen molar-refractivity contribution in [3.8, 4) is 5.75 Å². The quantitative estimate of drug-likeness (QED) is 0.803. The van der Waals surface area contributed by atoms with Crippen LogP contribution >= 0.6 is 0 Å². The number of sulfonamides is 1.